The first-order valence-electron chi connectivity index (χ1n) is 14.8. The van der Waals surface area contributed by atoms with E-state index in [-0.39, 0.29) is 36.7 Å². The maximum Gasteiger partial charge on any atom is 0.306 e. The largest absolute Gasteiger partial charge is 0.458 e. The van der Waals surface area contributed by atoms with Gasteiger partial charge in [-0.3, -0.25) is 9.59 Å². The molecule has 2 rings (SSSR count). The molecule has 228 valence electrons. The van der Waals surface area contributed by atoms with Crippen LogP contribution in [0.1, 0.15) is 76.7 Å². The summed E-state index contributed by atoms with van der Waals surface area (Å²) in [5, 5.41) is 33.5. The SMILES string of the molecule is CCNC(=O)CCC/C=C/C[C@@H]1[C@@H](/C=C/[C@H](CCc2ccccc2)OC(=O)CCCCCO[N+](=O)[O-])[C@H](O)C[C@@H]1O. The van der Waals surface area contributed by atoms with Gasteiger partial charge in [-0.25, -0.2) is 0 Å². The van der Waals surface area contributed by atoms with Crippen LogP contribution < -0.4 is 5.32 Å². The van der Waals surface area contributed by atoms with E-state index in [0.29, 0.717) is 57.9 Å². The molecule has 0 spiro atoms. The molecule has 41 heavy (non-hydrogen) atoms. The van der Waals surface area contributed by atoms with Crippen LogP contribution in [0.25, 0.3) is 0 Å². The Labute approximate surface area is 242 Å². The van der Waals surface area contributed by atoms with Crippen molar-refractivity contribution >= 4 is 11.9 Å². The smallest absolute Gasteiger partial charge is 0.306 e. The second kappa shape index (κ2) is 19.8. The number of hydrogen-bond acceptors (Lipinski definition) is 8. The third-order valence-corrected chi connectivity index (χ3v) is 7.25. The molecule has 1 fully saturated rings. The lowest BCUT2D eigenvalue weighted by atomic mass is 9.89. The van der Waals surface area contributed by atoms with Crippen LogP contribution in [0.5, 0.6) is 0 Å². The first-order valence-corrected chi connectivity index (χ1v) is 14.8. The first kappa shape index (κ1) is 34.0. The van der Waals surface area contributed by atoms with Crippen molar-refractivity contribution in [2.24, 2.45) is 11.8 Å². The number of nitrogens with one attached hydrogen (secondary N) is 1. The van der Waals surface area contributed by atoms with E-state index >= 15 is 0 Å². The van der Waals surface area contributed by atoms with Crippen LogP contribution in [0.4, 0.5) is 0 Å². The fraction of sp³-hybridized carbons (Fsp3) is 0.613. The number of carbonyl (C=O) groups is 2. The summed E-state index contributed by atoms with van der Waals surface area (Å²) >= 11 is 0. The Balaban J connectivity index is 1.93. The number of ether oxygens (including phenoxy) is 1. The molecule has 0 heterocycles. The second-order valence-electron chi connectivity index (χ2n) is 10.5. The molecular formula is C31H46N2O8. The Kier molecular flexibility index (Phi) is 16.4. The molecule has 1 saturated carbocycles. The third-order valence-electron chi connectivity index (χ3n) is 7.25. The molecule has 0 aliphatic heterocycles. The number of amides is 1. The normalized spacial score (nSPS) is 21.2. The van der Waals surface area contributed by atoms with Gasteiger partial charge in [0.1, 0.15) is 6.10 Å². The molecule has 1 amide bonds. The summed E-state index contributed by atoms with van der Waals surface area (Å²) < 4.78 is 5.78. The maximum absolute atomic E-state index is 12.6. The monoisotopic (exact) mass is 574 g/mol. The third kappa shape index (κ3) is 14.3. The standard InChI is InChI=1S/C31H46N2O8/c1-2-32-30(36)16-10-4-3-9-15-26-27(29(35)23-28(26)34)21-20-25(19-18-24-13-7-5-8-14-24)41-31(37)17-11-6-12-22-40-33(38)39/h3,5,7-9,13-14,20-21,25-29,34-35H,2,4,6,10-12,15-19,22-23H2,1H3,(H,32,36)/b9-3+,21-20+/t25-,26+,27+,28-,29+/m0/s1. The van der Waals surface area contributed by atoms with Gasteiger partial charge in [0.25, 0.3) is 5.09 Å². The van der Waals surface area contributed by atoms with E-state index < -0.39 is 23.4 Å². The molecule has 10 heteroatoms. The zero-order chi connectivity index (χ0) is 29.9. The number of unbranched alkanes of at least 4 members (excludes halogenated alkanes) is 3. The van der Waals surface area contributed by atoms with E-state index in [2.05, 4.69) is 10.2 Å². The van der Waals surface area contributed by atoms with Gasteiger partial charge >= 0.3 is 5.97 Å². The number of esters is 1. The fourth-order valence-corrected chi connectivity index (χ4v) is 5.06. The van der Waals surface area contributed by atoms with Gasteiger partial charge in [0.15, 0.2) is 0 Å². The predicted octanol–water partition coefficient (Wildman–Crippen LogP) is 4.47. The first-order chi connectivity index (χ1) is 19.8. The van der Waals surface area contributed by atoms with Crippen LogP contribution >= 0.6 is 0 Å². The number of nitrogens with zero attached hydrogens (tertiary/aromatic N) is 1. The van der Waals surface area contributed by atoms with Gasteiger partial charge in [-0.1, -0.05) is 55.0 Å². The molecule has 0 saturated heterocycles. The zero-order valence-electron chi connectivity index (χ0n) is 24.1. The number of benzene rings is 1. The number of aliphatic hydroxyl groups excluding tert-OH is 2. The lowest BCUT2D eigenvalue weighted by molar-refractivity contribution is -0.757. The Morgan fingerprint density at radius 2 is 1.88 bits per heavy atom. The van der Waals surface area contributed by atoms with Gasteiger partial charge < -0.3 is 25.1 Å². The van der Waals surface area contributed by atoms with Crippen LogP contribution in [0, 0.1) is 22.0 Å². The number of carbonyl (C=O) groups excluding carboxylic acids is 2. The van der Waals surface area contributed by atoms with Crippen LogP contribution in [0.2, 0.25) is 0 Å². The molecule has 5 atom stereocenters. The average molecular weight is 575 g/mol. The highest BCUT2D eigenvalue weighted by atomic mass is 16.9. The summed E-state index contributed by atoms with van der Waals surface area (Å²) in [4.78, 5) is 38.7. The topological polar surface area (TPSA) is 148 Å². The highest BCUT2D eigenvalue weighted by Crippen LogP contribution is 2.36. The quantitative estimate of drug-likeness (QED) is 0.0679. The average Bonchev–Trinajstić information content (AvgIpc) is 3.21. The van der Waals surface area contributed by atoms with Crippen LogP contribution in [-0.4, -0.2) is 58.6 Å². The maximum atomic E-state index is 12.6. The molecule has 1 aromatic rings. The summed E-state index contributed by atoms with van der Waals surface area (Å²) in [7, 11) is 0. The molecule has 3 N–H and O–H groups in total. The van der Waals surface area contributed by atoms with Crippen molar-refractivity contribution in [2.75, 3.05) is 13.2 Å². The van der Waals surface area contributed by atoms with Crippen molar-refractivity contribution in [3.05, 3.63) is 70.3 Å². The Hall–Kier alpha value is -3.24. The molecule has 1 aromatic carbocycles. The molecule has 0 radical (unpaired) electrons. The van der Waals surface area contributed by atoms with Crippen LogP contribution in [0.3, 0.4) is 0 Å². The minimum absolute atomic E-state index is 0.00647. The van der Waals surface area contributed by atoms with E-state index in [1.54, 1.807) is 0 Å². The van der Waals surface area contributed by atoms with Gasteiger partial charge in [-0.05, 0) is 69.4 Å². The minimum Gasteiger partial charge on any atom is -0.458 e. The summed E-state index contributed by atoms with van der Waals surface area (Å²) in [6, 6.07) is 9.91. The van der Waals surface area contributed by atoms with E-state index in [1.165, 1.54) is 0 Å². The highest BCUT2D eigenvalue weighted by Gasteiger charge is 2.39. The van der Waals surface area contributed by atoms with Crippen LogP contribution in [0.15, 0.2) is 54.6 Å². The van der Waals surface area contributed by atoms with E-state index in [0.717, 1.165) is 18.4 Å². The Bertz CT molecular complexity index is 968. The number of allylic oxidation sites excluding steroid dienone is 2. The van der Waals surface area contributed by atoms with E-state index in [4.69, 9.17) is 4.74 Å². The molecule has 1 aliphatic carbocycles. The molecule has 0 unspecified atom stereocenters. The lowest BCUT2D eigenvalue weighted by Crippen LogP contribution is -2.22. The van der Waals surface area contributed by atoms with Gasteiger partial charge in [0.2, 0.25) is 5.91 Å². The van der Waals surface area contributed by atoms with Gasteiger partial charge in [-0.2, -0.15) is 0 Å². The van der Waals surface area contributed by atoms with E-state index in [9.17, 15) is 29.9 Å². The van der Waals surface area contributed by atoms with Crippen molar-refractivity contribution in [3.8, 4) is 0 Å². The van der Waals surface area contributed by atoms with Gasteiger partial charge in [-0.15, -0.1) is 10.1 Å². The van der Waals surface area contributed by atoms with E-state index in [1.807, 2.05) is 61.6 Å². The molecule has 1 aliphatic rings. The van der Waals surface area contributed by atoms with Gasteiger partial charge in [0.05, 0.1) is 18.8 Å². The number of hydrogen-bond donors (Lipinski definition) is 3. The van der Waals surface area contributed by atoms with Crippen molar-refractivity contribution in [2.45, 2.75) is 95.9 Å². The van der Waals surface area contributed by atoms with Gasteiger partial charge in [0, 0.05) is 31.7 Å². The summed E-state index contributed by atoms with van der Waals surface area (Å²) in [5.41, 5.74) is 1.12. The summed E-state index contributed by atoms with van der Waals surface area (Å²) in [6.45, 7) is 2.52. The van der Waals surface area contributed by atoms with Crippen LogP contribution in [-0.2, 0) is 25.6 Å². The number of aliphatic hydroxyl groups is 2. The second-order valence-corrected chi connectivity index (χ2v) is 10.5. The minimum atomic E-state index is -0.824. The number of aryl methyl sites for hydroxylation is 1. The molecule has 0 bridgehead atoms. The molecular weight excluding hydrogens is 528 g/mol. The summed E-state index contributed by atoms with van der Waals surface area (Å²) in [6.07, 6.45) is 11.9. The Morgan fingerprint density at radius 3 is 2.61 bits per heavy atom. The Morgan fingerprint density at radius 1 is 1.10 bits per heavy atom. The number of rotatable bonds is 20. The molecule has 10 nitrogen and oxygen atoms in total. The summed E-state index contributed by atoms with van der Waals surface area (Å²) in [5.74, 6) is -0.732. The van der Waals surface area contributed by atoms with Crippen molar-refractivity contribution in [1.29, 1.82) is 0 Å². The van der Waals surface area contributed by atoms with Crippen molar-refractivity contribution in [1.82, 2.24) is 5.32 Å². The lowest BCUT2D eigenvalue weighted by Gasteiger charge is -2.21. The predicted molar refractivity (Wildman–Crippen MR) is 155 cm³/mol. The van der Waals surface area contributed by atoms with Crippen molar-refractivity contribution < 1.29 is 34.5 Å². The van der Waals surface area contributed by atoms with Crippen molar-refractivity contribution in [3.63, 3.8) is 0 Å². The highest BCUT2D eigenvalue weighted by molar-refractivity contribution is 5.75. The molecule has 0 aromatic heterocycles. The fourth-order valence-electron chi connectivity index (χ4n) is 5.06. The zero-order valence-corrected chi connectivity index (χ0v) is 24.1.